The van der Waals surface area contributed by atoms with Gasteiger partial charge in [-0.3, -0.25) is 4.79 Å². The second-order valence-corrected chi connectivity index (χ2v) is 6.40. The maximum absolute atomic E-state index is 13.0. The minimum Gasteiger partial charge on any atom is -0.480 e. The predicted octanol–water partition coefficient (Wildman–Crippen LogP) is 2.66. The molecule has 0 saturated carbocycles. The SMILES string of the molecule is CC(C)(C)[C@@H](NC(=O)c1ccc(F)cc1I)C(=O)O. The average molecular weight is 379 g/mol. The Morgan fingerprint density at radius 3 is 2.37 bits per heavy atom. The maximum atomic E-state index is 13.0. The van der Waals surface area contributed by atoms with Crippen LogP contribution in [0.2, 0.25) is 0 Å². The van der Waals surface area contributed by atoms with Crippen molar-refractivity contribution in [2.24, 2.45) is 5.41 Å². The average Bonchev–Trinajstić information content (AvgIpc) is 2.23. The summed E-state index contributed by atoms with van der Waals surface area (Å²) in [6.45, 7) is 5.17. The van der Waals surface area contributed by atoms with Crippen LogP contribution in [0.25, 0.3) is 0 Å². The van der Waals surface area contributed by atoms with Crippen molar-refractivity contribution < 1.29 is 19.1 Å². The van der Waals surface area contributed by atoms with Gasteiger partial charge in [-0.25, -0.2) is 9.18 Å². The molecule has 4 nitrogen and oxygen atoms in total. The first-order chi connectivity index (χ1) is 8.62. The van der Waals surface area contributed by atoms with Crippen LogP contribution in [0.1, 0.15) is 31.1 Å². The molecule has 0 radical (unpaired) electrons. The lowest BCUT2D eigenvalue weighted by Crippen LogP contribution is -2.49. The molecule has 6 heteroatoms. The lowest BCUT2D eigenvalue weighted by molar-refractivity contribution is -0.142. The highest BCUT2D eigenvalue weighted by atomic mass is 127. The Morgan fingerprint density at radius 2 is 1.95 bits per heavy atom. The van der Waals surface area contributed by atoms with Crippen molar-refractivity contribution >= 4 is 34.5 Å². The van der Waals surface area contributed by atoms with Crippen LogP contribution in [-0.2, 0) is 4.79 Å². The summed E-state index contributed by atoms with van der Waals surface area (Å²) in [4.78, 5) is 23.2. The fourth-order valence-corrected chi connectivity index (χ4v) is 2.25. The molecule has 1 aromatic carbocycles. The summed E-state index contributed by atoms with van der Waals surface area (Å²) in [6.07, 6.45) is 0. The number of aliphatic carboxylic acids is 1. The van der Waals surface area contributed by atoms with E-state index >= 15 is 0 Å². The summed E-state index contributed by atoms with van der Waals surface area (Å²) >= 11 is 1.84. The van der Waals surface area contributed by atoms with Gasteiger partial charge in [0, 0.05) is 3.57 Å². The molecule has 0 bridgehead atoms. The summed E-state index contributed by atoms with van der Waals surface area (Å²) < 4.78 is 13.4. The van der Waals surface area contributed by atoms with Crippen molar-refractivity contribution in [1.29, 1.82) is 0 Å². The van der Waals surface area contributed by atoms with Gasteiger partial charge in [0.1, 0.15) is 11.9 Å². The van der Waals surface area contributed by atoms with Gasteiger partial charge in [-0.15, -0.1) is 0 Å². The van der Waals surface area contributed by atoms with Crippen LogP contribution in [0.15, 0.2) is 18.2 Å². The summed E-state index contributed by atoms with van der Waals surface area (Å²) in [5.74, 6) is -2.06. The standard InChI is InChI=1S/C13H15FINO3/c1-13(2,3)10(12(18)19)16-11(17)8-5-4-7(14)6-9(8)15/h4-6,10H,1-3H3,(H,16,17)(H,18,19)/t10-/m0/s1. The molecule has 19 heavy (non-hydrogen) atoms. The molecule has 1 rings (SSSR count). The number of benzene rings is 1. The third kappa shape index (κ3) is 4.15. The number of carbonyl (C=O) groups is 2. The highest BCUT2D eigenvalue weighted by molar-refractivity contribution is 14.1. The monoisotopic (exact) mass is 379 g/mol. The fourth-order valence-electron chi connectivity index (χ4n) is 1.53. The normalized spacial score (nSPS) is 12.9. The summed E-state index contributed by atoms with van der Waals surface area (Å²) in [5, 5.41) is 11.6. The number of halogens is 2. The highest BCUT2D eigenvalue weighted by Crippen LogP contribution is 2.21. The van der Waals surface area contributed by atoms with Gasteiger partial charge in [-0.1, -0.05) is 20.8 Å². The van der Waals surface area contributed by atoms with E-state index in [0.717, 1.165) is 0 Å². The van der Waals surface area contributed by atoms with Crippen molar-refractivity contribution in [3.63, 3.8) is 0 Å². The predicted molar refractivity (Wildman–Crippen MR) is 77.5 cm³/mol. The van der Waals surface area contributed by atoms with Gasteiger partial charge in [-0.05, 0) is 46.2 Å². The van der Waals surface area contributed by atoms with Crippen molar-refractivity contribution in [2.75, 3.05) is 0 Å². The Morgan fingerprint density at radius 1 is 1.37 bits per heavy atom. The zero-order valence-electron chi connectivity index (χ0n) is 10.8. The molecule has 1 atom stereocenters. The number of rotatable bonds is 3. The Labute approximate surface area is 124 Å². The first-order valence-electron chi connectivity index (χ1n) is 5.61. The topological polar surface area (TPSA) is 66.4 Å². The van der Waals surface area contributed by atoms with E-state index in [1.807, 2.05) is 22.6 Å². The fraction of sp³-hybridized carbons (Fsp3) is 0.385. The van der Waals surface area contributed by atoms with Crippen molar-refractivity contribution in [2.45, 2.75) is 26.8 Å². The van der Waals surface area contributed by atoms with E-state index in [9.17, 15) is 14.0 Å². The molecular formula is C13H15FINO3. The molecule has 0 unspecified atom stereocenters. The molecule has 0 aliphatic carbocycles. The van der Waals surface area contributed by atoms with Crippen LogP contribution >= 0.6 is 22.6 Å². The zero-order valence-corrected chi connectivity index (χ0v) is 13.0. The zero-order chi connectivity index (χ0) is 14.8. The molecule has 1 amide bonds. The second kappa shape index (κ2) is 5.85. The lowest BCUT2D eigenvalue weighted by Gasteiger charge is -2.27. The first kappa shape index (κ1) is 15.9. The first-order valence-corrected chi connectivity index (χ1v) is 6.69. The summed E-state index contributed by atoms with van der Waals surface area (Å²) in [7, 11) is 0. The van der Waals surface area contributed by atoms with Crippen LogP contribution in [-0.4, -0.2) is 23.0 Å². The van der Waals surface area contributed by atoms with Gasteiger partial charge in [0.25, 0.3) is 5.91 Å². The van der Waals surface area contributed by atoms with Crippen LogP contribution < -0.4 is 5.32 Å². The molecule has 104 valence electrons. The Bertz CT molecular complexity index is 511. The van der Waals surface area contributed by atoms with Crippen LogP contribution in [0.3, 0.4) is 0 Å². The molecule has 0 aliphatic heterocycles. The number of carboxylic acid groups (broad SMARTS) is 1. The second-order valence-electron chi connectivity index (χ2n) is 5.23. The van der Waals surface area contributed by atoms with Gasteiger partial charge >= 0.3 is 5.97 Å². The number of carboxylic acids is 1. The highest BCUT2D eigenvalue weighted by Gasteiger charge is 2.33. The van der Waals surface area contributed by atoms with Crippen molar-refractivity contribution in [3.8, 4) is 0 Å². The molecule has 0 aromatic heterocycles. The number of carbonyl (C=O) groups excluding carboxylic acids is 1. The van der Waals surface area contributed by atoms with Gasteiger partial charge < -0.3 is 10.4 Å². The van der Waals surface area contributed by atoms with Gasteiger partial charge in [-0.2, -0.15) is 0 Å². The largest absolute Gasteiger partial charge is 0.480 e. The molecule has 0 aliphatic rings. The van der Waals surface area contributed by atoms with E-state index in [0.29, 0.717) is 3.57 Å². The molecule has 0 heterocycles. The summed E-state index contributed by atoms with van der Waals surface area (Å²) in [5.41, 5.74) is -0.357. The van der Waals surface area contributed by atoms with E-state index in [4.69, 9.17) is 5.11 Å². The minimum absolute atomic E-state index is 0.262. The minimum atomic E-state index is -1.10. The van der Waals surface area contributed by atoms with Gasteiger partial charge in [0.15, 0.2) is 0 Å². The summed E-state index contributed by atoms with van der Waals surface area (Å²) in [6, 6.07) is 2.72. The number of hydrogen-bond acceptors (Lipinski definition) is 2. The van der Waals surface area contributed by atoms with Crippen LogP contribution in [0, 0.1) is 14.8 Å². The third-order valence-electron chi connectivity index (χ3n) is 2.56. The van der Waals surface area contributed by atoms with Crippen LogP contribution in [0.5, 0.6) is 0 Å². The molecule has 0 fully saturated rings. The third-order valence-corrected chi connectivity index (χ3v) is 3.46. The lowest BCUT2D eigenvalue weighted by atomic mass is 9.86. The van der Waals surface area contributed by atoms with E-state index in [1.165, 1.54) is 18.2 Å². The number of amides is 1. The Hall–Kier alpha value is -1.18. The number of hydrogen-bond donors (Lipinski definition) is 2. The quantitative estimate of drug-likeness (QED) is 0.794. The molecular weight excluding hydrogens is 364 g/mol. The molecule has 0 spiro atoms. The van der Waals surface area contributed by atoms with E-state index < -0.39 is 29.2 Å². The Kier molecular flexibility index (Phi) is 4.89. The smallest absolute Gasteiger partial charge is 0.326 e. The van der Waals surface area contributed by atoms with E-state index in [2.05, 4.69) is 5.32 Å². The molecule has 1 aromatic rings. The van der Waals surface area contributed by atoms with E-state index in [-0.39, 0.29) is 5.56 Å². The van der Waals surface area contributed by atoms with Crippen LogP contribution in [0.4, 0.5) is 4.39 Å². The van der Waals surface area contributed by atoms with Gasteiger partial charge in [0.05, 0.1) is 5.56 Å². The van der Waals surface area contributed by atoms with Crippen molar-refractivity contribution in [3.05, 3.63) is 33.1 Å². The maximum Gasteiger partial charge on any atom is 0.326 e. The van der Waals surface area contributed by atoms with Gasteiger partial charge in [0.2, 0.25) is 0 Å². The molecule has 2 N–H and O–H groups in total. The van der Waals surface area contributed by atoms with E-state index in [1.54, 1.807) is 20.8 Å². The Balaban J connectivity index is 2.98. The van der Waals surface area contributed by atoms with Crippen molar-refractivity contribution in [1.82, 2.24) is 5.32 Å². The molecule has 0 saturated heterocycles. The number of nitrogens with one attached hydrogen (secondary N) is 1.